The van der Waals surface area contributed by atoms with Crippen LogP contribution in [0.25, 0.3) is 0 Å². The normalized spacial score (nSPS) is 23.4. The number of piperidine rings is 1. The molecule has 1 N–H and O–H groups in total. The number of nitrogens with one attached hydrogen (secondary N) is 1. The molecular weight excluding hydrogens is 365 g/mol. The molecule has 1 aromatic heterocycles. The van der Waals surface area contributed by atoms with Gasteiger partial charge in [0, 0.05) is 45.6 Å². The summed E-state index contributed by atoms with van der Waals surface area (Å²) in [6, 6.07) is 0. The third kappa shape index (κ3) is 4.96. The summed E-state index contributed by atoms with van der Waals surface area (Å²) in [4.78, 5) is 10.8. The Balaban J connectivity index is 0.00000200. The Morgan fingerprint density at radius 3 is 2.60 bits per heavy atom. The highest BCUT2D eigenvalue weighted by atomic mass is 127. The summed E-state index contributed by atoms with van der Waals surface area (Å²) >= 11 is 0. The van der Waals surface area contributed by atoms with Gasteiger partial charge in [-0.25, -0.2) is 4.98 Å². The molecule has 0 radical (unpaired) electrons. The third-order valence-corrected chi connectivity index (χ3v) is 3.59. The van der Waals surface area contributed by atoms with Crippen molar-refractivity contribution in [2.75, 3.05) is 26.7 Å². The summed E-state index contributed by atoms with van der Waals surface area (Å²) < 4.78 is 2.07. The van der Waals surface area contributed by atoms with Gasteiger partial charge in [-0.05, 0) is 18.3 Å². The average Bonchev–Trinajstić information content (AvgIpc) is 2.86. The number of rotatable bonds is 3. The van der Waals surface area contributed by atoms with E-state index in [9.17, 15) is 0 Å². The molecule has 20 heavy (non-hydrogen) atoms. The fourth-order valence-electron chi connectivity index (χ4n) is 2.88. The van der Waals surface area contributed by atoms with Crippen LogP contribution in [0.1, 0.15) is 20.3 Å². The zero-order valence-corrected chi connectivity index (χ0v) is 14.9. The highest BCUT2D eigenvalue weighted by Gasteiger charge is 2.23. The standard InChI is InChI=1S/C14H25N5.HI/c1-12-8-13(2)10-19(9-12)14(15-3)17-5-7-18-6-4-16-11-18;/h4,6,11-13H,5,7-10H2,1-3H3,(H,15,17);1H. The smallest absolute Gasteiger partial charge is 0.193 e. The molecule has 2 rings (SSSR count). The molecule has 5 nitrogen and oxygen atoms in total. The molecule has 1 aromatic rings. The molecule has 2 unspecified atom stereocenters. The van der Waals surface area contributed by atoms with Crippen LogP contribution in [0.15, 0.2) is 23.7 Å². The quantitative estimate of drug-likeness (QED) is 0.488. The van der Waals surface area contributed by atoms with Gasteiger partial charge in [0.25, 0.3) is 0 Å². The van der Waals surface area contributed by atoms with E-state index in [4.69, 9.17) is 0 Å². The highest BCUT2D eigenvalue weighted by Crippen LogP contribution is 2.20. The van der Waals surface area contributed by atoms with Gasteiger partial charge in [-0.15, -0.1) is 24.0 Å². The van der Waals surface area contributed by atoms with Gasteiger partial charge in [-0.2, -0.15) is 0 Å². The monoisotopic (exact) mass is 391 g/mol. The Morgan fingerprint density at radius 1 is 1.35 bits per heavy atom. The van der Waals surface area contributed by atoms with Crippen LogP contribution in [0.3, 0.4) is 0 Å². The van der Waals surface area contributed by atoms with Crippen LogP contribution in [0.4, 0.5) is 0 Å². The van der Waals surface area contributed by atoms with Crippen molar-refractivity contribution in [1.29, 1.82) is 0 Å². The summed E-state index contributed by atoms with van der Waals surface area (Å²) in [5.41, 5.74) is 0. The van der Waals surface area contributed by atoms with Crippen molar-refractivity contribution >= 4 is 29.9 Å². The van der Waals surface area contributed by atoms with E-state index in [-0.39, 0.29) is 24.0 Å². The van der Waals surface area contributed by atoms with Gasteiger partial charge in [0.15, 0.2) is 5.96 Å². The summed E-state index contributed by atoms with van der Waals surface area (Å²) in [6.07, 6.45) is 6.95. The maximum absolute atomic E-state index is 4.41. The highest BCUT2D eigenvalue weighted by molar-refractivity contribution is 14.0. The van der Waals surface area contributed by atoms with Crippen LogP contribution in [-0.4, -0.2) is 47.1 Å². The Hall–Kier alpha value is -0.790. The lowest BCUT2D eigenvalue weighted by molar-refractivity contribution is 0.208. The van der Waals surface area contributed by atoms with E-state index in [0.717, 1.165) is 44.0 Å². The molecule has 0 aliphatic carbocycles. The van der Waals surface area contributed by atoms with E-state index >= 15 is 0 Å². The topological polar surface area (TPSA) is 45.5 Å². The number of aromatic nitrogens is 2. The van der Waals surface area contributed by atoms with Crippen molar-refractivity contribution in [2.45, 2.75) is 26.8 Å². The average molecular weight is 391 g/mol. The van der Waals surface area contributed by atoms with Crippen molar-refractivity contribution in [3.63, 3.8) is 0 Å². The molecule has 1 saturated heterocycles. The second-order valence-electron chi connectivity index (χ2n) is 5.63. The lowest BCUT2D eigenvalue weighted by atomic mass is 9.92. The van der Waals surface area contributed by atoms with Crippen molar-refractivity contribution < 1.29 is 0 Å². The van der Waals surface area contributed by atoms with Gasteiger partial charge < -0.3 is 14.8 Å². The molecule has 114 valence electrons. The predicted molar refractivity (Wildman–Crippen MR) is 93.5 cm³/mol. The number of nitrogens with zero attached hydrogens (tertiary/aromatic N) is 4. The second kappa shape index (κ2) is 8.49. The molecule has 0 spiro atoms. The zero-order valence-electron chi connectivity index (χ0n) is 12.6. The van der Waals surface area contributed by atoms with Gasteiger partial charge in [0.05, 0.1) is 6.33 Å². The van der Waals surface area contributed by atoms with Crippen LogP contribution in [0.5, 0.6) is 0 Å². The third-order valence-electron chi connectivity index (χ3n) is 3.59. The van der Waals surface area contributed by atoms with E-state index in [1.807, 2.05) is 25.8 Å². The predicted octanol–water partition coefficient (Wildman–Crippen LogP) is 2.05. The lowest BCUT2D eigenvalue weighted by Crippen LogP contribution is -2.49. The molecule has 2 heterocycles. The summed E-state index contributed by atoms with van der Waals surface area (Å²) in [7, 11) is 1.86. The van der Waals surface area contributed by atoms with Gasteiger partial charge in [-0.1, -0.05) is 13.8 Å². The van der Waals surface area contributed by atoms with E-state index in [1.54, 1.807) is 0 Å². The zero-order chi connectivity index (χ0) is 13.7. The van der Waals surface area contributed by atoms with E-state index in [0.29, 0.717) is 0 Å². The van der Waals surface area contributed by atoms with E-state index in [2.05, 4.69) is 38.6 Å². The first-order chi connectivity index (χ1) is 9.19. The van der Waals surface area contributed by atoms with Crippen LogP contribution in [0, 0.1) is 11.8 Å². The number of aliphatic imine (C=N–C) groups is 1. The van der Waals surface area contributed by atoms with Crippen LogP contribution >= 0.6 is 24.0 Å². The van der Waals surface area contributed by atoms with Crippen molar-refractivity contribution in [3.8, 4) is 0 Å². The number of halogens is 1. The van der Waals surface area contributed by atoms with Crippen molar-refractivity contribution in [3.05, 3.63) is 18.7 Å². The molecule has 0 aromatic carbocycles. The molecule has 1 aliphatic heterocycles. The number of imidazole rings is 1. The SMILES string of the molecule is CN=C(NCCn1ccnc1)N1CC(C)CC(C)C1.I. The minimum absolute atomic E-state index is 0. The number of guanidine groups is 1. The molecule has 0 amide bonds. The maximum Gasteiger partial charge on any atom is 0.193 e. The molecule has 0 bridgehead atoms. The molecule has 6 heteroatoms. The summed E-state index contributed by atoms with van der Waals surface area (Å²) in [5, 5.41) is 3.45. The van der Waals surface area contributed by atoms with Gasteiger partial charge >= 0.3 is 0 Å². The van der Waals surface area contributed by atoms with Crippen LogP contribution in [-0.2, 0) is 6.54 Å². The Morgan fingerprint density at radius 2 is 2.05 bits per heavy atom. The molecule has 0 saturated carbocycles. The number of likely N-dealkylation sites (tertiary alicyclic amines) is 1. The van der Waals surface area contributed by atoms with Gasteiger partial charge in [0.1, 0.15) is 0 Å². The van der Waals surface area contributed by atoms with E-state index in [1.165, 1.54) is 6.42 Å². The number of hydrogen-bond donors (Lipinski definition) is 1. The second-order valence-corrected chi connectivity index (χ2v) is 5.63. The first-order valence-electron chi connectivity index (χ1n) is 7.10. The molecule has 1 fully saturated rings. The molecule has 2 atom stereocenters. The van der Waals surface area contributed by atoms with Crippen molar-refractivity contribution in [1.82, 2.24) is 19.8 Å². The van der Waals surface area contributed by atoms with Crippen LogP contribution in [0.2, 0.25) is 0 Å². The number of hydrogen-bond acceptors (Lipinski definition) is 2. The first-order valence-corrected chi connectivity index (χ1v) is 7.10. The Bertz CT molecular complexity index is 394. The van der Waals surface area contributed by atoms with Gasteiger partial charge in [-0.3, -0.25) is 4.99 Å². The summed E-state index contributed by atoms with van der Waals surface area (Å²) in [5.74, 6) is 2.52. The lowest BCUT2D eigenvalue weighted by Gasteiger charge is -2.37. The summed E-state index contributed by atoms with van der Waals surface area (Å²) in [6.45, 7) is 8.65. The first kappa shape index (κ1) is 17.3. The Labute approximate surface area is 138 Å². The Kier molecular flexibility index (Phi) is 7.32. The largest absolute Gasteiger partial charge is 0.354 e. The molecule has 1 aliphatic rings. The fraction of sp³-hybridized carbons (Fsp3) is 0.714. The minimum Gasteiger partial charge on any atom is -0.354 e. The van der Waals surface area contributed by atoms with Crippen molar-refractivity contribution in [2.24, 2.45) is 16.8 Å². The minimum atomic E-state index is 0. The van der Waals surface area contributed by atoms with Gasteiger partial charge in [0.2, 0.25) is 0 Å². The van der Waals surface area contributed by atoms with E-state index < -0.39 is 0 Å². The maximum atomic E-state index is 4.41. The van der Waals surface area contributed by atoms with Crippen LogP contribution < -0.4 is 5.32 Å². The fourth-order valence-corrected chi connectivity index (χ4v) is 2.88. The molecular formula is C14H26IN5.